The fraction of sp³-hybridized carbons (Fsp3) is 0.522. The van der Waals surface area contributed by atoms with E-state index in [0.717, 1.165) is 61.5 Å². The van der Waals surface area contributed by atoms with Gasteiger partial charge in [0.15, 0.2) is 5.82 Å². The fourth-order valence-corrected chi connectivity index (χ4v) is 5.37. The number of rotatable bonds is 6. The van der Waals surface area contributed by atoms with Crippen LogP contribution in [-0.4, -0.2) is 43.6 Å². The molecule has 6 rings (SSSR count). The minimum atomic E-state index is -0.358. The SMILES string of the molecule is O=C(Nc1ncco1)[C@@H]1CCCN1c1nc2c(c(Nc3cc(C4CCCC4)[nH]n3)n1)CCC2. The van der Waals surface area contributed by atoms with E-state index in [1.165, 1.54) is 43.8 Å². The Bertz CT molecular complexity index is 1140. The topological polar surface area (TPSA) is 125 Å². The van der Waals surface area contributed by atoms with Gasteiger partial charge in [-0.05, 0) is 44.9 Å². The second-order valence-corrected chi connectivity index (χ2v) is 9.14. The van der Waals surface area contributed by atoms with Gasteiger partial charge >= 0.3 is 6.01 Å². The number of amides is 1. The van der Waals surface area contributed by atoms with Crippen molar-refractivity contribution in [3.8, 4) is 0 Å². The number of oxazole rings is 1. The molecule has 4 heterocycles. The fourth-order valence-electron chi connectivity index (χ4n) is 5.37. The number of carbonyl (C=O) groups excluding carboxylic acids is 1. The Labute approximate surface area is 191 Å². The van der Waals surface area contributed by atoms with E-state index in [2.05, 4.69) is 31.9 Å². The van der Waals surface area contributed by atoms with Crippen LogP contribution in [0.5, 0.6) is 0 Å². The molecule has 1 amide bonds. The molecule has 3 aromatic rings. The summed E-state index contributed by atoms with van der Waals surface area (Å²) in [6.45, 7) is 0.732. The second kappa shape index (κ2) is 8.49. The molecule has 10 heteroatoms. The van der Waals surface area contributed by atoms with Gasteiger partial charge in [-0.25, -0.2) is 9.97 Å². The van der Waals surface area contributed by atoms with Gasteiger partial charge in [-0.2, -0.15) is 10.1 Å². The Hall–Kier alpha value is -3.43. The molecule has 0 aromatic carbocycles. The number of aromatic nitrogens is 5. The van der Waals surface area contributed by atoms with Crippen molar-refractivity contribution in [3.05, 3.63) is 35.5 Å². The van der Waals surface area contributed by atoms with Crippen LogP contribution in [0.4, 0.5) is 23.6 Å². The van der Waals surface area contributed by atoms with Crippen molar-refractivity contribution in [2.45, 2.75) is 69.7 Å². The summed E-state index contributed by atoms with van der Waals surface area (Å²) in [5, 5.41) is 13.9. The number of aromatic amines is 1. The molecule has 1 saturated heterocycles. The minimum absolute atomic E-state index is 0.151. The lowest BCUT2D eigenvalue weighted by molar-refractivity contribution is -0.117. The molecule has 33 heavy (non-hydrogen) atoms. The van der Waals surface area contributed by atoms with E-state index in [0.29, 0.717) is 11.9 Å². The average Bonchev–Trinajstić information content (AvgIpc) is 3.64. The highest BCUT2D eigenvalue weighted by Crippen LogP contribution is 2.35. The maximum absolute atomic E-state index is 12.9. The molecule has 172 valence electrons. The zero-order valence-electron chi connectivity index (χ0n) is 18.5. The van der Waals surface area contributed by atoms with Crippen molar-refractivity contribution >= 4 is 29.5 Å². The van der Waals surface area contributed by atoms with Crippen LogP contribution in [0.25, 0.3) is 0 Å². The lowest BCUT2D eigenvalue weighted by atomic mass is 10.0. The molecule has 3 aromatic heterocycles. The maximum atomic E-state index is 12.9. The van der Waals surface area contributed by atoms with Crippen LogP contribution >= 0.6 is 0 Å². The second-order valence-electron chi connectivity index (χ2n) is 9.14. The van der Waals surface area contributed by atoms with E-state index in [1.54, 1.807) is 0 Å². The molecule has 3 aliphatic rings. The number of fused-ring (bicyclic) bond motifs is 1. The van der Waals surface area contributed by atoms with Crippen LogP contribution in [0, 0.1) is 0 Å². The van der Waals surface area contributed by atoms with Gasteiger partial charge in [-0.1, -0.05) is 12.8 Å². The lowest BCUT2D eigenvalue weighted by Crippen LogP contribution is -2.40. The smallest absolute Gasteiger partial charge is 0.301 e. The van der Waals surface area contributed by atoms with E-state index >= 15 is 0 Å². The first-order valence-electron chi connectivity index (χ1n) is 11.9. The highest BCUT2D eigenvalue weighted by Gasteiger charge is 2.34. The molecule has 10 nitrogen and oxygen atoms in total. The molecule has 0 spiro atoms. The average molecular weight is 449 g/mol. The number of nitrogens with one attached hydrogen (secondary N) is 3. The molecule has 3 N–H and O–H groups in total. The zero-order valence-corrected chi connectivity index (χ0v) is 18.5. The van der Waals surface area contributed by atoms with Crippen molar-refractivity contribution in [1.82, 2.24) is 25.1 Å². The Balaban J connectivity index is 1.25. The van der Waals surface area contributed by atoms with Gasteiger partial charge in [-0.15, -0.1) is 0 Å². The molecular weight excluding hydrogens is 420 g/mol. The van der Waals surface area contributed by atoms with Crippen molar-refractivity contribution in [3.63, 3.8) is 0 Å². The van der Waals surface area contributed by atoms with Gasteiger partial charge < -0.3 is 14.6 Å². The van der Waals surface area contributed by atoms with E-state index in [-0.39, 0.29) is 18.0 Å². The van der Waals surface area contributed by atoms with Crippen LogP contribution in [0.15, 0.2) is 22.9 Å². The van der Waals surface area contributed by atoms with Gasteiger partial charge in [0, 0.05) is 29.8 Å². The summed E-state index contributed by atoms with van der Waals surface area (Å²) in [6.07, 6.45) is 12.5. The van der Waals surface area contributed by atoms with Crippen molar-refractivity contribution in [2.24, 2.45) is 0 Å². The monoisotopic (exact) mass is 448 g/mol. The molecule has 2 aliphatic carbocycles. The molecule has 1 saturated carbocycles. The van der Waals surface area contributed by atoms with E-state index in [4.69, 9.17) is 14.4 Å². The number of hydrogen-bond donors (Lipinski definition) is 3. The van der Waals surface area contributed by atoms with Gasteiger partial charge in [0.2, 0.25) is 5.95 Å². The van der Waals surface area contributed by atoms with E-state index in [1.807, 2.05) is 4.90 Å². The van der Waals surface area contributed by atoms with Gasteiger partial charge in [0.25, 0.3) is 5.91 Å². The number of aryl methyl sites for hydroxylation is 1. The summed E-state index contributed by atoms with van der Waals surface area (Å²) >= 11 is 0. The summed E-state index contributed by atoms with van der Waals surface area (Å²) in [6, 6.07) is 1.96. The molecule has 1 aliphatic heterocycles. The number of carbonyl (C=O) groups is 1. The molecule has 0 bridgehead atoms. The highest BCUT2D eigenvalue weighted by atomic mass is 16.4. The first-order valence-corrected chi connectivity index (χ1v) is 11.9. The minimum Gasteiger partial charge on any atom is -0.432 e. The standard InChI is InChI=1S/C23H28N8O2/c32-21(28-23-24-10-12-33-23)18-9-4-11-31(18)22-25-16-8-3-7-15(16)20(27-22)26-19-13-17(29-30-19)14-5-1-2-6-14/h10,12-14,18H,1-9,11H2,(H,24,28,32)(H2,25,26,27,29,30)/t18-/m0/s1. The van der Waals surface area contributed by atoms with Crippen LogP contribution in [0.1, 0.15) is 67.8 Å². The third-order valence-corrected chi connectivity index (χ3v) is 7.04. The van der Waals surface area contributed by atoms with E-state index in [9.17, 15) is 4.79 Å². The van der Waals surface area contributed by atoms with Gasteiger partial charge in [0.05, 0.1) is 11.9 Å². The normalized spacial score (nSPS) is 20.4. The number of nitrogens with zero attached hydrogens (tertiary/aromatic N) is 5. The largest absolute Gasteiger partial charge is 0.432 e. The number of H-pyrrole nitrogens is 1. The van der Waals surface area contributed by atoms with Gasteiger partial charge in [-0.3, -0.25) is 15.2 Å². The maximum Gasteiger partial charge on any atom is 0.301 e. The highest BCUT2D eigenvalue weighted by molar-refractivity contribution is 5.95. The Morgan fingerprint density at radius 2 is 2.03 bits per heavy atom. The summed E-state index contributed by atoms with van der Waals surface area (Å²) in [5.41, 5.74) is 3.42. The lowest BCUT2D eigenvalue weighted by Gasteiger charge is -2.24. The van der Waals surface area contributed by atoms with Crippen molar-refractivity contribution in [2.75, 3.05) is 22.1 Å². The first kappa shape index (κ1) is 20.2. The third kappa shape index (κ3) is 3.94. The summed E-state index contributed by atoms with van der Waals surface area (Å²) in [7, 11) is 0. The number of anilines is 4. The molecule has 2 fully saturated rings. The van der Waals surface area contributed by atoms with Crippen LogP contribution in [0.2, 0.25) is 0 Å². The molecule has 0 unspecified atom stereocenters. The Morgan fingerprint density at radius 1 is 1.12 bits per heavy atom. The molecule has 0 radical (unpaired) electrons. The molecular formula is C23H28N8O2. The van der Waals surface area contributed by atoms with Crippen LogP contribution < -0.4 is 15.5 Å². The summed E-state index contributed by atoms with van der Waals surface area (Å²) in [5.74, 6) is 2.61. The predicted octanol–water partition coefficient (Wildman–Crippen LogP) is 3.69. The molecule has 1 atom stereocenters. The van der Waals surface area contributed by atoms with Crippen LogP contribution in [0.3, 0.4) is 0 Å². The Morgan fingerprint density at radius 3 is 2.88 bits per heavy atom. The first-order chi connectivity index (χ1) is 16.2. The quantitative estimate of drug-likeness (QED) is 0.521. The summed E-state index contributed by atoms with van der Waals surface area (Å²) < 4.78 is 5.18. The number of hydrogen-bond acceptors (Lipinski definition) is 8. The zero-order chi connectivity index (χ0) is 22.2. The van der Waals surface area contributed by atoms with E-state index < -0.39 is 0 Å². The third-order valence-electron chi connectivity index (χ3n) is 7.04. The predicted molar refractivity (Wildman–Crippen MR) is 123 cm³/mol. The van der Waals surface area contributed by atoms with Crippen molar-refractivity contribution in [1.29, 1.82) is 0 Å². The summed E-state index contributed by atoms with van der Waals surface area (Å²) in [4.78, 5) is 28.6. The van der Waals surface area contributed by atoms with Crippen LogP contribution in [-0.2, 0) is 17.6 Å². The van der Waals surface area contributed by atoms with Gasteiger partial charge in [0.1, 0.15) is 18.1 Å². The van der Waals surface area contributed by atoms with Crippen molar-refractivity contribution < 1.29 is 9.21 Å². The Kier molecular flexibility index (Phi) is 5.20.